The van der Waals surface area contributed by atoms with Crippen LogP contribution in [-0.4, -0.2) is 73.5 Å². The van der Waals surface area contributed by atoms with Crippen molar-refractivity contribution in [3.8, 4) is 12.1 Å². The minimum atomic E-state index is -1.11. The summed E-state index contributed by atoms with van der Waals surface area (Å²) in [6.07, 6.45) is 7.15. The molecule has 0 aromatic carbocycles. The van der Waals surface area contributed by atoms with Gasteiger partial charge in [-0.2, -0.15) is 15.1 Å². The molecular weight excluding hydrogens is 537 g/mol. The number of imidazole rings is 2. The van der Waals surface area contributed by atoms with Gasteiger partial charge in [0.25, 0.3) is 6.33 Å². The largest absolute Gasteiger partial charge is 1.00 e. The van der Waals surface area contributed by atoms with Gasteiger partial charge in [-0.1, -0.05) is 0 Å². The molecular formula is C19H21F2IN8O2. The molecule has 2 amide bonds. The number of hydrogen-bond acceptors (Lipinski definition) is 5. The first-order valence-corrected chi connectivity index (χ1v) is 9.54. The van der Waals surface area contributed by atoms with E-state index in [1.807, 2.05) is 12.1 Å². The van der Waals surface area contributed by atoms with Crippen LogP contribution in [0.2, 0.25) is 0 Å². The Hall–Kier alpha value is -3.07. The molecule has 2 aromatic heterocycles. The van der Waals surface area contributed by atoms with Crippen LogP contribution in [0.25, 0.3) is 0 Å². The molecule has 2 aromatic rings. The van der Waals surface area contributed by atoms with E-state index in [0.717, 1.165) is 0 Å². The quantitative estimate of drug-likeness (QED) is 0.275. The fraction of sp³-hybridized carbons (Fsp3) is 0.474. The fourth-order valence-electron chi connectivity index (χ4n) is 3.47. The number of aryl methyl sites for hydroxylation is 1. The average molecular weight is 558 g/mol. The van der Waals surface area contributed by atoms with Gasteiger partial charge < -0.3 is 28.9 Å². The highest BCUT2D eigenvalue weighted by atomic mass is 127. The second-order valence-electron chi connectivity index (χ2n) is 7.28. The van der Waals surface area contributed by atoms with Gasteiger partial charge in [-0.3, -0.25) is 9.47 Å². The molecule has 2 saturated heterocycles. The van der Waals surface area contributed by atoms with E-state index in [1.165, 1.54) is 37.7 Å². The SMILES string of the molecule is C[n+]1ccn(C(=O)N2C[C@@H](F)C[C@H]2C#N)c1.N#C[C@@H]1C[C@H](F)CN1C(=O)n1ccnc1.[I-]. The molecule has 2 fully saturated rings. The Bertz CT molecular complexity index is 1020. The first kappa shape index (κ1) is 25.2. The molecule has 0 saturated carbocycles. The maximum atomic E-state index is 13.1. The molecule has 0 N–H and O–H groups in total. The zero-order valence-corrected chi connectivity index (χ0v) is 19.3. The van der Waals surface area contributed by atoms with Gasteiger partial charge in [-0.05, 0) is 0 Å². The molecule has 0 bridgehead atoms. The van der Waals surface area contributed by atoms with E-state index < -0.39 is 30.5 Å². The highest BCUT2D eigenvalue weighted by Crippen LogP contribution is 2.21. The molecule has 0 radical (unpaired) electrons. The highest BCUT2D eigenvalue weighted by molar-refractivity contribution is 5.78. The normalized spacial score (nSPS) is 24.0. The maximum absolute atomic E-state index is 13.1. The van der Waals surface area contributed by atoms with Gasteiger partial charge >= 0.3 is 12.1 Å². The molecule has 2 aliphatic rings. The molecule has 13 heteroatoms. The predicted molar refractivity (Wildman–Crippen MR) is 101 cm³/mol. The molecule has 4 heterocycles. The zero-order chi connectivity index (χ0) is 22.5. The number of nitrogens with zero attached hydrogens (tertiary/aromatic N) is 8. The van der Waals surface area contributed by atoms with Gasteiger partial charge in [-0.25, -0.2) is 27.9 Å². The lowest BCUT2D eigenvalue weighted by molar-refractivity contribution is -0.670. The van der Waals surface area contributed by atoms with Crippen LogP contribution in [0.5, 0.6) is 0 Å². The van der Waals surface area contributed by atoms with Crippen LogP contribution in [0.4, 0.5) is 18.4 Å². The molecule has 0 aliphatic carbocycles. The van der Waals surface area contributed by atoms with Crippen molar-refractivity contribution < 1.29 is 46.9 Å². The van der Waals surface area contributed by atoms with E-state index in [9.17, 15) is 18.4 Å². The van der Waals surface area contributed by atoms with Crippen LogP contribution in [0.3, 0.4) is 0 Å². The first-order chi connectivity index (χ1) is 14.8. The van der Waals surface area contributed by atoms with Gasteiger partial charge in [-0.15, -0.1) is 0 Å². The minimum absolute atomic E-state index is 0. The van der Waals surface area contributed by atoms with Crippen LogP contribution in [0.1, 0.15) is 12.8 Å². The minimum Gasteiger partial charge on any atom is -1.00 e. The van der Waals surface area contributed by atoms with Crippen LogP contribution < -0.4 is 28.5 Å². The van der Waals surface area contributed by atoms with Gasteiger partial charge in [0.1, 0.15) is 43.1 Å². The van der Waals surface area contributed by atoms with Crippen LogP contribution >= 0.6 is 0 Å². The van der Waals surface area contributed by atoms with E-state index in [1.54, 1.807) is 30.3 Å². The van der Waals surface area contributed by atoms with Crippen LogP contribution in [-0.2, 0) is 7.05 Å². The Morgan fingerprint density at radius 3 is 1.94 bits per heavy atom. The number of aromatic nitrogens is 4. The summed E-state index contributed by atoms with van der Waals surface area (Å²) < 4.78 is 30.5. The molecule has 0 spiro atoms. The topological polar surface area (TPSA) is 115 Å². The third kappa shape index (κ3) is 5.59. The molecule has 170 valence electrons. The van der Waals surface area contributed by atoms with Crippen molar-refractivity contribution >= 4 is 12.1 Å². The van der Waals surface area contributed by atoms with Crippen molar-refractivity contribution in [3.63, 3.8) is 0 Å². The van der Waals surface area contributed by atoms with E-state index in [-0.39, 0.29) is 55.9 Å². The Morgan fingerprint density at radius 1 is 1.00 bits per heavy atom. The van der Waals surface area contributed by atoms with Gasteiger partial charge in [0.15, 0.2) is 0 Å². The number of hydrogen-bond donors (Lipinski definition) is 0. The average Bonchev–Trinajstić information content (AvgIpc) is 3.54. The summed E-state index contributed by atoms with van der Waals surface area (Å²) in [6.45, 7) is -0.0196. The molecule has 32 heavy (non-hydrogen) atoms. The summed E-state index contributed by atoms with van der Waals surface area (Å²) >= 11 is 0. The number of carbonyl (C=O) groups excluding carboxylic acids is 2. The van der Waals surface area contributed by atoms with Crippen molar-refractivity contribution in [2.75, 3.05) is 13.1 Å². The summed E-state index contributed by atoms with van der Waals surface area (Å²) in [5, 5.41) is 17.6. The predicted octanol–water partition coefficient (Wildman–Crippen LogP) is -1.99. The second-order valence-corrected chi connectivity index (χ2v) is 7.28. The number of carbonyl (C=O) groups is 2. The molecule has 0 unspecified atom stereocenters. The lowest BCUT2D eigenvalue weighted by Gasteiger charge is -2.18. The van der Waals surface area contributed by atoms with E-state index in [0.29, 0.717) is 0 Å². The van der Waals surface area contributed by atoms with Crippen molar-refractivity contribution in [3.05, 3.63) is 37.4 Å². The summed E-state index contributed by atoms with van der Waals surface area (Å²) in [7, 11) is 1.79. The third-order valence-electron chi connectivity index (χ3n) is 5.00. The number of rotatable bonds is 0. The number of alkyl halides is 2. The maximum Gasteiger partial charge on any atom is 0.416 e. The fourth-order valence-corrected chi connectivity index (χ4v) is 3.47. The Labute approximate surface area is 200 Å². The Kier molecular flexibility index (Phi) is 8.65. The van der Waals surface area contributed by atoms with Gasteiger partial charge in [0.05, 0.1) is 32.3 Å². The summed E-state index contributed by atoms with van der Waals surface area (Å²) in [5.74, 6) is 0. The van der Waals surface area contributed by atoms with E-state index in [4.69, 9.17) is 10.5 Å². The van der Waals surface area contributed by atoms with Crippen molar-refractivity contribution in [2.45, 2.75) is 37.3 Å². The number of nitriles is 2. The molecule has 10 nitrogen and oxygen atoms in total. The Morgan fingerprint density at radius 2 is 1.53 bits per heavy atom. The Balaban J connectivity index is 0.000000220. The highest BCUT2D eigenvalue weighted by Gasteiger charge is 2.38. The van der Waals surface area contributed by atoms with E-state index in [2.05, 4.69) is 4.98 Å². The summed E-state index contributed by atoms with van der Waals surface area (Å²) in [4.78, 5) is 29.9. The van der Waals surface area contributed by atoms with Crippen molar-refractivity contribution in [2.24, 2.45) is 7.05 Å². The zero-order valence-electron chi connectivity index (χ0n) is 17.1. The monoisotopic (exact) mass is 558 g/mol. The number of halogens is 3. The standard InChI is InChI=1S/C10H12FN4O.C9H9FN4O.HI/c1-13-2-3-14(7-13)10(16)15-6-8(11)4-9(15)5-12;10-7-3-8(4-11)14(5-7)9(15)13-2-1-12-6-13;/h2-3,7-9H,4,6H2,1H3;1-2,6-8H,3,5H2;1H/q+1;;/p-1/t8-,9-;7-,8-;/m00./s1. The third-order valence-corrected chi connectivity index (χ3v) is 5.00. The van der Waals surface area contributed by atoms with Gasteiger partial charge in [0.2, 0.25) is 0 Å². The first-order valence-electron chi connectivity index (χ1n) is 9.54. The summed E-state index contributed by atoms with van der Waals surface area (Å²) in [6, 6.07) is 1.78. The van der Waals surface area contributed by atoms with Crippen molar-refractivity contribution in [1.82, 2.24) is 23.9 Å². The lowest BCUT2D eigenvalue weighted by Crippen LogP contribution is -3.00. The second kappa shape index (κ2) is 11.0. The van der Waals surface area contributed by atoms with Crippen LogP contribution in [0.15, 0.2) is 37.4 Å². The van der Waals surface area contributed by atoms with Gasteiger partial charge in [0, 0.05) is 25.2 Å². The van der Waals surface area contributed by atoms with Crippen LogP contribution in [0, 0.1) is 22.7 Å². The molecule has 4 atom stereocenters. The van der Waals surface area contributed by atoms with Crippen molar-refractivity contribution in [1.29, 1.82) is 10.5 Å². The molecule has 4 rings (SSSR count). The summed E-state index contributed by atoms with van der Waals surface area (Å²) in [5.41, 5.74) is 0. The van der Waals surface area contributed by atoms with E-state index >= 15 is 0 Å². The lowest BCUT2D eigenvalue weighted by atomic mass is 10.2. The number of likely N-dealkylation sites (tertiary alicyclic amines) is 2. The molecule has 2 aliphatic heterocycles. The smallest absolute Gasteiger partial charge is 0.416 e. The number of amides is 2.